The highest BCUT2D eigenvalue weighted by Gasteiger charge is 2.37. The van der Waals surface area contributed by atoms with Crippen molar-refractivity contribution in [3.8, 4) is 0 Å². The molecular formula is C11H15NO2S. The molecule has 1 saturated heterocycles. The van der Waals surface area contributed by atoms with Crippen LogP contribution in [0, 0.1) is 0 Å². The Morgan fingerprint density at radius 1 is 1.67 bits per heavy atom. The maximum atomic E-state index is 11.9. The van der Waals surface area contributed by atoms with Crippen molar-refractivity contribution < 1.29 is 9.53 Å². The molecule has 0 amide bonds. The molecule has 2 N–H and O–H groups in total. The van der Waals surface area contributed by atoms with Crippen LogP contribution >= 0.6 is 11.3 Å². The van der Waals surface area contributed by atoms with E-state index in [1.807, 2.05) is 11.4 Å². The Labute approximate surface area is 93.2 Å². The van der Waals surface area contributed by atoms with E-state index in [4.69, 9.17) is 10.5 Å². The minimum absolute atomic E-state index is 0.131. The number of hydrogen-bond acceptors (Lipinski definition) is 4. The van der Waals surface area contributed by atoms with Gasteiger partial charge in [0.1, 0.15) is 5.54 Å². The summed E-state index contributed by atoms with van der Waals surface area (Å²) in [7, 11) is 0. The molecule has 1 aromatic rings. The third-order valence-electron chi connectivity index (χ3n) is 2.83. The third-order valence-corrected chi connectivity index (χ3v) is 3.56. The van der Waals surface area contributed by atoms with E-state index in [9.17, 15) is 4.79 Å². The molecule has 0 saturated carbocycles. The van der Waals surface area contributed by atoms with Gasteiger partial charge in [0.25, 0.3) is 0 Å². The first-order chi connectivity index (χ1) is 7.21. The maximum Gasteiger partial charge on any atom is 0.155 e. The summed E-state index contributed by atoms with van der Waals surface area (Å²) in [6.45, 7) is 0.996. The van der Waals surface area contributed by atoms with Gasteiger partial charge in [0, 0.05) is 13.0 Å². The molecule has 2 rings (SSSR count). The van der Waals surface area contributed by atoms with Gasteiger partial charge in [-0.25, -0.2) is 0 Å². The van der Waals surface area contributed by atoms with Crippen molar-refractivity contribution in [3.05, 3.63) is 22.4 Å². The molecule has 0 spiro atoms. The van der Waals surface area contributed by atoms with Gasteiger partial charge in [-0.05, 0) is 35.2 Å². The van der Waals surface area contributed by atoms with Crippen LogP contribution in [0.4, 0.5) is 0 Å². The summed E-state index contributed by atoms with van der Waals surface area (Å²) >= 11 is 1.66. The van der Waals surface area contributed by atoms with E-state index in [2.05, 4.69) is 5.38 Å². The van der Waals surface area contributed by atoms with E-state index in [1.54, 1.807) is 11.3 Å². The predicted molar refractivity (Wildman–Crippen MR) is 60.0 cm³/mol. The van der Waals surface area contributed by atoms with Crippen LogP contribution < -0.4 is 5.73 Å². The summed E-state index contributed by atoms with van der Waals surface area (Å²) in [6, 6.07) is 2.05. The minimum atomic E-state index is -0.712. The van der Waals surface area contributed by atoms with Crippen LogP contribution in [0.5, 0.6) is 0 Å². The lowest BCUT2D eigenvalue weighted by Gasteiger charge is -2.19. The Hall–Kier alpha value is -0.710. The molecule has 0 aliphatic carbocycles. The Kier molecular flexibility index (Phi) is 3.19. The Morgan fingerprint density at radius 2 is 2.53 bits per heavy atom. The lowest BCUT2D eigenvalue weighted by atomic mass is 9.91. The van der Waals surface area contributed by atoms with Gasteiger partial charge in [-0.1, -0.05) is 0 Å². The van der Waals surface area contributed by atoms with Gasteiger partial charge in [-0.3, -0.25) is 4.79 Å². The van der Waals surface area contributed by atoms with Crippen LogP contribution in [-0.2, 0) is 16.0 Å². The van der Waals surface area contributed by atoms with E-state index in [0.717, 1.165) is 6.42 Å². The molecule has 4 heteroatoms. The fraction of sp³-hybridized carbons (Fsp3) is 0.545. The molecule has 15 heavy (non-hydrogen) atoms. The molecule has 0 bridgehead atoms. The van der Waals surface area contributed by atoms with Gasteiger partial charge in [-0.15, -0.1) is 0 Å². The van der Waals surface area contributed by atoms with Gasteiger partial charge >= 0.3 is 0 Å². The van der Waals surface area contributed by atoms with Crippen molar-refractivity contribution in [2.45, 2.75) is 24.8 Å². The summed E-state index contributed by atoms with van der Waals surface area (Å²) in [5.74, 6) is 0.131. The first-order valence-electron chi connectivity index (χ1n) is 5.12. The molecular weight excluding hydrogens is 210 g/mol. The maximum absolute atomic E-state index is 11.9. The number of carbonyl (C=O) groups excluding carboxylic acids is 1. The fourth-order valence-electron chi connectivity index (χ4n) is 1.74. The van der Waals surface area contributed by atoms with Crippen molar-refractivity contribution in [2.75, 3.05) is 13.2 Å². The number of rotatable bonds is 4. The first kappa shape index (κ1) is 10.8. The summed E-state index contributed by atoms with van der Waals surface area (Å²) in [5.41, 5.74) is 6.48. The Bertz CT molecular complexity index is 328. The number of aryl methyl sites for hydroxylation is 1. The quantitative estimate of drug-likeness (QED) is 0.842. The molecule has 82 valence electrons. The molecule has 3 nitrogen and oxygen atoms in total. The van der Waals surface area contributed by atoms with Gasteiger partial charge in [0.05, 0.1) is 6.61 Å². The summed E-state index contributed by atoms with van der Waals surface area (Å²) in [5, 5.41) is 4.10. The van der Waals surface area contributed by atoms with Crippen molar-refractivity contribution >= 4 is 17.1 Å². The van der Waals surface area contributed by atoms with Gasteiger partial charge in [0.15, 0.2) is 5.78 Å². The van der Waals surface area contributed by atoms with Crippen LogP contribution in [0.15, 0.2) is 16.8 Å². The van der Waals surface area contributed by atoms with Gasteiger partial charge in [-0.2, -0.15) is 11.3 Å². The molecule has 1 aromatic heterocycles. The third kappa shape index (κ3) is 2.45. The van der Waals surface area contributed by atoms with E-state index >= 15 is 0 Å². The van der Waals surface area contributed by atoms with Crippen LogP contribution in [-0.4, -0.2) is 24.5 Å². The average molecular weight is 225 g/mol. The van der Waals surface area contributed by atoms with Crippen molar-refractivity contribution in [2.24, 2.45) is 5.73 Å². The Morgan fingerprint density at radius 3 is 3.13 bits per heavy atom. The number of ketones is 1. The van der Waals surface area contributed by atoms with E-state index in [1.165, 1.54) is 5.56 Å². The molecule has 1 atom stereocenters. The first-order valence-corrected chi connectivity index (χ1v) is 6.06. The summed E-state index contributed by atoms with van der Waals surface area (Å²) in [4.78, 5) is 11.9. The second kappa shape index (κ2) is 4.43. The lowest BCUT2D eigenvalue weighted by molar-refractivity contribution is -0.124. The largest absolute Gasteiger partial charge is 0.379 e. The lowest BCUT2D eigenvalue weighted by Crippen LogP contribution is -2.48. The molecule has 0 radical (unpaired) electrons. The topological polar surface area (TPSA) is 52.3 Å². The molecule has 2 heterocycles. The number of hydrogen-bond donors (Lipinski definition) is 1. The van der Waals surface area contributed by atoms with Crippen molar-refractivity contribution in [1.82, 2.24) is 0 Å². The molecule has 0 aromatic carbocycles. The zero-order chi connectivity index (χ0) is 10.7. The highest BCUT2D eigenvalue weighted by molar-refractivity contribution is 7.07. The van der Waals surface area contributed by atoms with Gasteiger partial charge in [0.2, 0.25) is 0 Å². The number of nitrogens with two attached hydrogens (primary N) is 1. The van der Waals surface area contributed by atoms with E-state index in [-0.39, 0.29) is 5.78 Å². The number of ether oxygens (including phenoxy) is 1. The fourth-order valence-corrected chi connectivity index (χ4v) is 2.45. The number of carbonyl (C=O) groups is 1. The average Bonchev–Trinajstić information content (AvgIpc) is 2.85. The van der Waals surface area contributed by atoms with Gasteiger partial charge < -0.3 is 10.5 Å². The molecule has 1 aliphatic rings. The molecule has 1 unspecified atom stereocenters. The SMILES string of the molecule is NC1(C(=O)CCc2ccsc2)CCOC1. The van der Waals surface area contributed by atoms with Crippen LogP contribution in [0.25, 0.3) is 0 Å². The highest BCUT2D eigenvalue weighted by atomic mass is 32.1. The van der Waals surface area contributed by atoms with Crippen LogP contribution in [0.2, 0.25) is 0 Å². The van der Waals surface area contributed by atoms with E-state index < -0.39 is 5.54 Å². The standard InChI is InChI=1S/C11H15NO2S/c12-11(4-5-14-8-11)10(13)2-1-9-3-6-15-7-9/h3,6-7H,1-2,4-5,8,12H2. The predicted octanol–water partition coefficient (Wildman–Crippen LogP) is 1.37. The zero-order valence-corrected chi connectivity index (χ0v) is 9.39. The smallest absolute Gasteiger partial charge is 0.155 e. The second-order valence-corrected chi connectivity index (χ2v) is 4.79. The summed E-state index contributed by atoms with van der Waals surface area (Å²) < 4.78 is 5.17. The minimum Gasteiger partial charge on any atom is -0.379 e. The van der Waals surface area contributed by atoms with Crippen LogP contribution in [0.3, 0.4) is 0 Å². The van der Waals surface area contributed by atoms with Crippen molar-refractivity contribution in [1.29, 1.82) is 0 Å². The normalized spacial score (nSPS) is 25.7. The Balaban J connectivity index is 1.87. The number of Topliss-reactive ketones (excluding diaryl/α,β-unsaturated/α-hetero) is 1. The number of thiophene rings is 1. The van der Waals surface area contributed by atoms with Crippen LogP contribution in [0.1, 0.15) is 18.4 Å². The molecule has 1 aliphatic heterocycles. The summed E-state index contributed by atoms with van der Waals surface area (Å²) in [6.07, 6.45) is 1.98. The highest BCUT2D eigenvalue weighted by Crippen LogP contribution is 2.19. The molecule has 1 fully saturated rings. The monoisotopic (exact) mass is 225 g/mol. The second-order valence-electron chi connectivity index (χ2n) is 4.01. The zero-order valence-electron chi connectivity index (χ0n) is 8.57. The van der Waals surface area contributed by atoms with Crippen molar-refractivity contribution in [3.63, 3.8) is 0 Å². The van der Waals surface area contributed by atoms with E-state index in [0.29, 0.717) is 26.1 Å².